The van der Waals surface area contributed by atoms with Crippen LogP contribution in [0.15, 0.2) is 28.8 Å². The van der Waals surface area contributed by atoms with Gasteiger partial charge in [0.05, 0.1) is 23.4 Å². The van der Waals surface area contributed by atoms with Gasteiger partial charge in [0, 0.05) is 13.0 Å². The van der Waals surface area contributed by atoms with Gasteiger partial charge >= 0.3 is 5.97 Å². The van der Waals surface area contributed by atoms with Crippen molar-refractivity contribution in [2.75, 3.05) is 18.5 Å². The van der Waals surface area contributed by atoms with E-state index in [2.05, 4.69) is 10.5 Å². The fraction of sp³-hybridized carbons (Fsp3) is 0.278. The molecule has 3 rings (SSSR count). The number of hydrogen-bond donors (Lipinski definition) is 1. The summed E-state index contributed by atoms with van der Waals surface area (Å²) in [6.07, 6.45) is -0.159. The standard InChI is InChI=1S/C18H17N3O6/c1-3-26-18(25)14-10(2)20-27-15(14)19-13(22)8-9-21-16(23)11-6-4-5-7-12(11)17(21)24/h4-7H,3,8-9H2,1-2H3,(H,19,22). The van der Waals surface area contributed by atoms with Crippen LogP contribution in [0.4, 0.5) is 5.88 Å². The number of anilines is 1. The van der Waals surface area contributed by atoms with E-state index in [1.807, 2.05) is 0 Å². The number of nitrogens with zero attached hydrogens (tertiary/aromatic N) is 2. The first-order valence-corrected chi connectivity index (χ1v) is 8.32. The highest BCUT2D eigenvalue weighted by atomic mass is 16.5. The summed E-state index contributed by atoms with van der Waals surface area (Å²) in [6.45, 7) is 3.27. The molecule has 0 saturated carbocycles. The summed E-state index contributed by atoms with van der Waals surface area (Å²) in [5.41, 5.74) is 0.951. The minimum absolute atomic E-state index is 0.0333. The molecule has 3 amide bonds. The molecule has 0 atom stereocenters. The van der Waals surface area contributed by atoms with Gasteiger partial charge in [-0.1, -0.05) is 17.3 Å². The highest BCUT2D eigenvalue weighted by Gasteiger charge is 2.35. The third-order valence-electron chi connectivity index (χ3n) is 4.04. The molecule has 2 aromatic rings. The number of imide groups is 1. The zero-order chi connectivity index (χ0) is 19.6. The molecule has 0 unspecified atom stereocenters. The number of rotatable bonds is 6. The Morgan fingerprint density at radius 1 is 1.19 bits per heavy atom. The fourth-order valence-electron chi connectivity index (χ4n) is 2.74. The normalized spacial score (nSPS) is 12.9. The molecule has 9 heteroatoms. The van der Waals surface area contributed by atoms with Crippen LogP contribution in [0.1, 0.15) is 50.1 Å². The molecule has 1 aromatic heterocycles. The lowest BCUT2D eigenvalue weighted by molar-refractivity contribution is -0.116. The van der Waals surface area contributed by atoms with Crippen LogP contribution in [0.2, 0.25) is 0 Å². The van der Waals surface area contributed by atoms with E-state index >= 15 is 0 Å². The van der Waals surface area contributed by atoms with E-state index in [1.54, 1.807) is 38.1 Å². The molecule has 27 heavy (non-hydrogen) atoms. The second-order valence-corrected chi connectivity index (χ2v) is 5.80. The highest BCUT2D eigenvalue weighted by molar-refractivity contribution is 6.21. The Bertz CT molecular complexity index is 898. The van der Waals surface area contributed by atoms with Crippen LogP contribution in [0, 0.1) is 6.92 Å². The Balaban J connectivity index is 1.64. The van der Waals surface area contributed by atoms with Gasteiger partial charge in [-0.3, -0.25) is 24.6 Å². The van der Waals surface area contributed by atoms with Crippen molar-refractivity contribution in [3.63, 3.8) is 0 Å². The summed E-state index contributed by atoms with van der Waals surface area (Å²) in [5.74, 6) is -2.20. The number of aryl methyl sites for hydroxylation is 1. The summed E-state index contributed by atoms with van der Waals surface area (Å²) >= 11 is 0. The molecule has 1 aliphatic heterocycles. The summed E-state index contributed by atoms with van der Waals surface area (Å²) in [4.78, 5) is 49.7. The third kappa shape index (κ3) is 3.43. The third-order valence-corrected chi connectivity index (χ3v) is 4.04. The first-order valence-electron chi connectivity index (χ1n) is 8.32. The highest BCUT2D eigenvalue weighted by Crippen LogP contribution is 2.23. The average Bonchev–Trinajstić information content (AvgIpc) is 3.12. The molecule has 140 valence electrons. The number of aromatic nitrogens is 1. The molecule has 0 bridgehead atoms. The monoisotopic (exact) mass is 371 g/mol. The maximum Gasteiger partial charge on any atom is 0.345 e. The molecule has 0 saturated heterocycles. The van der Waals surface area contributed by atoms with Crippen molar-refractivity contribution < 1.29 is 28.4 Å². The fourth-order valence-corrected chi connectivity index (χ4v) is 2.74. The zero-order valence-electron chi connectivity index (χ0n) is 14.8. The zero-order valence-corrected chi connectivity index (χ0v) is 14.8. The molecule has 1 aliphatic rings. The van der Waals surface area contributed by atoms with Crippen LogP contribution < -0.4 is 5.32 Å². The van der Waals surface area contributed by atoms with E-state index < -0.39 is 23.7 Å². The van der Waals surface area contributed by atoms with Crippen molar-refractivity contribution in [1.82, 2.24) is 10.1 Å². The number of benzene rings is 1. The Labute approximate surface area is 154 Å². The Morgan fingerprint density at radius 2 is 1.81 bits per heavy atom. The second-order valence-electron chi connectivity index (χ2n) is 5.80. The number of hydrogen-bond acceptors (Lipinski definition) is 7. The van der Waals surface area contributed by atoms with Gasteiger partial charge < -0.3 is 9.26 Å². The molecule has 9 nitrogen and oxygen atoms in total. The number of carbonyl (C=O) groups excluding carboxylic acids is 4. The molecule has 2 heterocycles. The van der Waals surface area contributed by atoms with Gasteiger partial charge in [-0.05, 0) is 26.0 Å². The molecule has 0 spiro atoms. The van der Waals surface area contributed by atoms with E-state index in [0.717, 1.165) is 4.90 Å². The number of carbonyl (C=O) groups is 4. The number of esters is 1. The lowest BCUT2D eigenvalue weighted by atomic mass is 10.1. The minimum atomic E-state index is -0.660. The lowest BCUT2D eigenvalue weighted by Gasteiger charge is -2.13. The molecular weight excluding hydrogens is 354 g/mol. The minimum Gasteiger partial charge on any atom is -0.462 e. The van der Waals surface area contributed by atoms with Crippen molar-refractivity contribution in [3.8, 4) is 0 Å². The van der Waals surface area contributed by atoms with Crippen LogP contribution in [0.3, 0.4) is 0 Å². The second kappa shape index (κ2) is 7.40. The van der Waals surface area contributed by atoms with E-state index in [0.29, 0.717) is 11.1 Å². The first kappa shape index (κ1) is 18.3. The molecular formula is C18H17N3O6. The number of nitrogens with one attached hydrogen (secondary N) is 1. The Morgan fingerprint density at radius 3 is 2.41 bits per heavy atom. The summed E-state index contributed by atoms with van der Waals surface area (Å²) in [5, 5.41) is 6.08. The van der Waals surface area contributed by atoms with Crippen LogP contribution >= 0.6 is 0 Å². The van der Waals surface area contributed by atoms with Crippen molar-refractivity contribution in [2.45, 2.75) is 20.3 Å². The van der Waals surface area contributed by atoms with Crippen LogP contribution in [0.25, 0.3) is 0 Å². The Kier molecular flexibility index (Phi) is 5.02. The maximum absolute atomic E-state index is 12.3. The largest absolute Gasteiger partial charge is 0.462 e. The van der Waals surface area contributed by atoms with Gasteiger partial charge in [0.1, 0.15) is 5.56 Å². The van der Waals surface area contributed by atoms with Gasteiger partial charge in [-0.2, -0.15) is 0 Å². The van der Waals surface area contributed by atoms with E-state index in [9.17, 15) is 19.2 Å². The van der Waals surface area contributed by atoms with E-state index in [-0.39, 0.29) is 36.7 Å². The SMILES string of the molecule is CCOC(=O)c1c(C)noc1NC(=O)CCN1C(=O)c2ccccc2C1=O. The summed E-state index contributed by atoms with van der Waals surface area (Å²) in [6, 6.07) is 6.48. The van der Waals surface area contributed by atoms with Gasteiger partial charge in [-0.15, -0.1) is 0 Å². The summed E-state index contributed by atoms with van der Waals surface area (Å²) < 4.78 is 9.87. The average molecular weight is 371 g/mol. The van der Waals surface area contributed by atoms with Crippen LogP contribution in [-0.4, -0.2) is 46.9 Å². The number of fused-ring (bicyclic) bond motifs is 1. The molecule has 0 fully saturated rings. The van der Waals surface area contributed by atoms with Crippen LogP contribution in [0.5, 0.6) is 0 Å². The number of ether oxygens (including phenoxy) is 1. The smallest absolute Gasteiger partial charge is 0.345 e. The van der Waals surface area contributed by atoms with Gasteiger partial charge in [0.2, 0.25) is 11.8 Å². The number of amides is 3. The van der Waals surface area contributed by atoms with Crippen molar-refractivity contribution in [2.24, 2.45) is 0 Å². The van der Waals surface area contributed by atoms with Gasteiger partial charge in [-0.25, -0.2) is 4.79 Å². The maximum atomic E-state index is 12.3. The quantitative estimate of drug-likeness (QED) is 0.607. The van der Waals surface area contributed by atoms with Crippen molar-refractivity contribution >= 4 is 29.6 Å². The summed E-state index contributed by atoms with van der Waals surface area (Å²) in [7, 11) is 0. The van der Waals surface area contributed by atoms with E-state index in [1.165, 1.54) is 0 Å². The molecule has 0 aliphatic carbocycles. The molecule has 0 radical (unpaired) electrons. The predicted molar refractivity (Wildman–Crippen MR) is 92.3 cm³/mol. The predicted octanol–water partition coefficient (Wildman–Crippen LogP) is 1.78. The van der Waals surface area contributed by atoms with Crippen molar-refractivity contribution in [1.29, 1.82) is 0 Å². The van der Waals surface area contributed by atoms with E-state index in [4.69, 9.17) is 9.26 Å². The Hall–Kier alpha value is -3.49. The first-order chi connectivity index (χ1) is 12.9. The topological polar surface area (TPSA) is 119 Å². The molecule has 1 N–H and O–H groups in total. The van der Waals surface area contributed by atoms with Crippen molar-refractivity contribution in [3.05, 3.63) is 46.6 Å². The van der Waals surface area contributed by atoms with Gasteiger partial charge in [0.25, 0.3) is 11.8 Å². The van der Waals surface area contributed by atoms with Gasteiger partial charge in [0.15, 0.2) is 0 Å². The van der Waals surface area contributed by atoms with Crippen LogP contribution in [-0.2, 0) is 9.53 Å². The lowest BCUT2D eigenvalue weighted by Crippen LogP contribution is -2.33. The molecule has 1 aromatic carbocycles.